The molecule has 2 unspecified atom stereocenters. The first-order valence-electron chi connectivity index (χ1n) is 6.23. The van der Waals surface area contributed by atoms with Crippen LogP contribution in [0.4, 0.5) is 0 Å². The Kier molecular flexibility index (Phi) is 4.71. The van der Waals surface area contributed by atoms with Gasteiger partial charge in [-0.2, -0.15) is 0 Å². The summed E-state index contributed by atoms with van der Waals surface area (Å²) >= 11 is 3.45. The number of aryl methyl sites for hydroxylation is 1. The summed E-state index contributed by atoms with van der Waals surface area (Å²) in [7, 11) is 3.84. The highest BCUT2D eigenvalue weighted by Gasteiger charge is 2.31. The van der Waals surface area contributed by atoms with Gasteiger partial charge in [-0.3, -0.25) is 4.90 Å². The molecule has 1 saturated heterocycles. The summed E-state index contributed by atoms with van der Waals surface area (Å²) < 4.78 is 8.47. The Balaban J connectivity index is 2.18. The fourth-order valence-corrected chi connectivity index (χ4v) is 2.96. The molecule has 0 aliphatic carbocycles. The van der Waals surface area contributed by atoms with Gasteiger partial charge < -0.3 is 10.1 Å². The maximum Gasteiger partial charge on any atom is 0.153 e. The molecule has 0 amide bonds. The standard InChI is InChI=1S/C11H20BrN5O/c1-4-17-5-6-18-8(7-17)9(13-2)10-11(12)14-15-16(10)3/h8-9,13H,4-7H2,1-3H3. The Bertz CT molecular complexity index is 377. The van der Waals surface area contributed by atoms with Crippen molar-refractivity contribution in [1.82, 2.24) is 25.2 Å². The number of hydrogen-bond donors (Lipinski definition) is 1. The highest BCUT2D eigenvalue weighted by atomic mass is 79.9. The monoisotopic (exact) mass is 317 g/mol. The number of morpholine rings is 1. The molecule has 0 saturated carbocycles. The molecule has 1 aromatic rings. The normalized spacial score (nSPS) is 23.2. The molecule has 2 atom stereocenters. The quantitative estimate of drug-likeness (QED) is 0.879. The Morgan fingerprint density at radius 1 is 1.61 bits per heavy atom. The number of rotatable bonds is 4. The summed E-state index contributed by atoms with van der Waals surface area (Å²) in [4.78, 5) is 2.40. The molecule has 1 aliphatic heterocycles. The summed E-state index contributed by atoms with van der Waals surface area (Å²) in [5.41, 5.74) is 1.03. The number of ether oxygens (including phenoxy) is 1. The molecular weight excluding hydrogens is 298 g/mol. The van der Waals surface area contributed by atoms with Crippen molar-refractivity contribution in [1.29, 1.82) is 0 Å². The van der Waals surface area contributed by atoms with Crippen LogP contribution in [0, 0.1) is 0 Å². The highest BCUT2D eigenvalue weighted by molar-refractivity contribution is 9.10. The van der Waals surface area contributed by atoms with Crippen molar-refractivity contribution in [2.45, 2.75) is 19.1 Å². The van der Waals surface area contributed by atoms with E-state index < -0.39 is 0 Å². The molecule has 7 heteroatoms. The van der Waals surface area contributed by atoms with Crippen LogP contribution in [0.15, 0.2) is 4.60 Å². The minimum Gasteiger partial charge on any atom is -0.374 e. The van der Waals surface area contributed by atoms with Gasteiger partial charge in [0.25, 0.3) is 0 Å². The lowest BCUT2D eigenvalue weighted by Crippen LogP contribution is -2.48. The van der Waals surface area contributed by atoms with Crippen molar-refractivity contribution in [3.05, 3.63) is 10.3 Å². The molecule has 0 bridgehead atoms. The first-order chi connectivity index (χ1) is 8.67. The van der Waals surface area contributed by atoms with Crippen LogP contribution in [0.3, 0.4) is 0 Å². The molecule has 2 rings (SSSR count). The zero-order valence-electron chi connectivity index (χ0n) is 11.1. The van der Waals surface area contributed by atoms with Crippen molar-refractivity contribution in [3.63, 3.8) is 0 Å². The zero-order chi connectivity index (χ0) is 13.1. The molecule has 0 aromatic carbocycles. The van der Waals surface area contributed by atoms with Crippen LogP contribution in [0.2, 0.25) is 0 Å². The molecule has 1 aliphatic rings. The third-order valence-electron chi connectivity index (χ3n) is 3.43. The molecule has 1 N–H and O–H groups in total. The molecule has 0 spiro atoms. The van der Waals surface area contributed by atoms with E-state index >= 15 is 0 Å². The third kappa shape index (κ3) is 2.74. The summed E-state index contributed by atoms with van der Waals surface area (Å²) in [5, 5.41) is 11.4. The molecule has 6 nitrogen and oxygen atoms in total. The molecule has 1 aromatic heterocycles. The van der Waals surface area contributed by atoms with E-state index in [1.165, 1.54) is 0 Å². The Morgan fingerprint density at radius 3 is 2.94 bits per heavy atom. The fourth-order valence-electron chi connectivity index (χ4n) is 2.39. The number of nitrogens with one attached hydrogen (secondary N) is 1. The lowest BCUT2D eigenvalue weighted by Gasteiger charge is -2.36. The van der Waals surface area contributed by atoms with E-state index in [1.807, 2.05) is 14.1 Å². The summed E-state index contributed by atoms with van der Waals surface area (Å²) in [6, 6.07) is 0.0914. The molecule has 2 heterocycles. The smallest absolute Gasteiger partial charge is 0.153 e. The van der Waals surface area contributed by atoms with Crippen LogP contribution >= 0.6 is 15.9 Å². The van der Waals surface area contributed by atoms with E-state index in [1.54, 1.807) is 4.68 Å². The van der Waals surface area contributed by atoms with Crippen molar-refractivity contribution >= 4 is 15.9 Å². The molecular formula is C11H20BrN5O. The van der Waals surface area contributed by atoms with Gasteiger partial charge in [-0.05, 0) is 29.5 Å². The van der Waals surface area contributed by atoms with E-state index in [4.69, 9.17) is 4.74 Å². The van der Waals surface area contributed by atoms with Crippen molar-refractivity contribution < 1.29 is 4.74 Å². The lowest BCUT2D eigenvalue weighted by molar-refractivity contribution is -0.0457. The Labute approximate surface area is 116 Å². The van der Waals surface area contributed by atoms with Gasteiger partial charge in [0.05, 0.1) is 24.4 Å². The van der Waals surface area contributed by atoms with Crippen LogP contribution in [-0.2, 0) is 11.8 Å². The van der Waals surface area contributed by atoms with E-state index in [-0.39, 0.29) is 12.1 Å². The number of hydrogen-bond acceptors (Lipinski definition) is 5. The van der Waals surface area contributed by atoms with E-state index in [0.717, 1.165) is 36.5 Å². The second-order valence-electron chi connectivity index (χ2n) is 4.46. The van der Waals surface area contributed by atoms with Crippen molar-refractivity contribution in [2.75, 3.05) is 33.3 Å². The average molecular weight is 318 g/mol. The molecule has 18 heavy (non-hydrogen) atoms. The molecule has 0 radical (unpaired) electrons. The number of nitrogens with zero attached hydrogens (tertiary/aromatic N) is 4. The minimum atomic E-state index is 0.0914. The zero-order valence-corrected chi connectivity index (χ0v) is 12.6. The second-order valence-corrected chi connectivity index (χ2v) is 5.21. The first-order valence-corrected chi connectivity index (χ1v) is 7.03. The maximum absolute atomic E-state index is 5.90. The van der Waals surface area contributed by atoms with Crippen LogP contribution in [0.5, 0.6) is 0 Å². The van der Waals surface area contributed by atoms with Crippen LogP contribution in [-0.4, -0.2) is 59.3 Å². The first kappa shape index (κ1) is 13.9. The second kappa shape index (κ2) is 6.10. The van der Waals surface area contributed by atoms with Gasteiger partial charge in [-0.15, -0.1) is 5.10 Å². The Hall–Kier alpha value is -0.500. The van der Waals surface area contributed by atoms with Crippen LogP contribution in [0.1, 0.15) is 18.7 Å². The fraction of sp³-hybridized carbons (Fsp3) is 0.818. The van der Waals surface area contributed by atoms with Gasteiger partial charge in [0.15, 0.2) is 4.60 Å². The van der Waals surface area contributed by atoms with Gasteiger partial charge in [-0.25, -0.2) is 4.68 Å². The van der Waals surface area contributed by atoms with E-state index in [2.05, 4.69) is 43.4 Å². The number of halogens is 1. The SMILES string of the molecule is CCN1CCOC(C(NC)c2c(Br)nnn2C)C1. The third-order valence-corrected chi connectivity index (χ3v) is 3.99. The summed E-state index contributed by atoms with van der Waals surface area (Å²) in [5.74, 6) is 0. The van der Waals surface area contributed by atoms with Gasteiger partial charge in [0.2, 0.25) is 0 Å². The minimum absolute atomic E-state index is 0.0914. The molecule has 102 valence electrons. The predicted octanol–water partition coefficient (Wildman–Crippen LogP) is 0.559. The lowest BCUT2D eigenvalue weighted by atomic mass is 10.1. The average Bonchev–Trinajstić information content (AvgIpc) is 2.72. The van der Waals surface area contributed by atoms with Gasteiger partial charge >= 0.3 is 0 Å². The van der Waals surface area contributed by atoms with Gasteiger partial charge in [0, 0.05) is 20.1 Å². The number of aromatic nitrogens is 3. The topological polar surface area (TPSA) is 55.2 Å². The largest absolute Gasteiger partial charge is 0.374 e. The van der Waals surface area contributed by atoms with E-state index in [0.29, 0.717) is 0 Å². The predicted molar refractivity (Wildman–Crippen MR) is 72.4 cm³/mol. The van der Waals surface area contributed by atoms with Crippen molar-refractivity contribution in [3.8, 4) is 0 Å². The van der Waals surface area contributed by atoms with Gasteiger partial charge in [0.1, 0.15) is 0 Å². The Morgan fingerprint density at radius 2 is 2.39 bits per heavy atom. The van der Waals surface area contributed by atoms with Gasteiger partial charge in [-0.1, -0.05) is 12.1 Å². The number of likely N-dealkylation sites (N-methyl/N-ethyl adjacent to an activating group) is 2. The van der Waals surface area contributed by atoms with Crippen LogP contribution < -0.4 is 5.32 Å². The maximum atomic E-state index is 5.90. The molecule has 1 fully saturated rings. The summed E-state index contributed by atoms with van der Waals surface area (Å²) in [6.07, 6.45) is 0.122. The highest BCUT2D eigenvalue weighted by Crippen LogP contribution is 2.26. The van der Waals surface area contributed by atoms with Crippen LogP contribution in [0.25, 0.3) is 0 Å². The summed E-state index contributed by atoms with van der Waals surface area (Å²) in [6.45, 7) is 5.95. The van der Waals surface area contributed by atoms with Crippen molar-refractivity contribution in [2.24, 2.45) is 7.05 Å². The van der Waals surface area contributed by atoms with E-state index in [9.17, 15) is 0 Å².